The third-order valence-electron chi connectivity index (χ3n) is 3.76. The Hall–Kier alpha value is -4.53. The fourth-order valence-electron chi connectivity index (χ4n) is 2.46. The van der Waals surface area contributed by atoms with E-state index in [1.54, 1.807) is 42.5 Å². The van der Waals surface area contributed by atoms with E-state index in [4.69, 9.17) is 9.52 Å². The first kappa shape index (κ1) is 20.2. The highest BCUT2D eigenvalue weighted by Gasteiger charge is 2.10. The number of carboxylic acid groups (broad SMARTS) is 1. The fourth-order valence-corrected chi connectivity index (χ4v) is 2.46. The second-order valence-electron chi connectivity index (χ2n) is 5.92. The van der Waals surface area contributed by atoms with E-state index in [9.17, 15) is 19.2 Å². The van der Waals surface area contributed by atoms with Crippen molar-refractivity contribution in [2.24, 2.45) is 0 Å². The van der Waals surface area contributed by atoms with Crippen molar-refractivity contribution in [1.82, 2.24) is 4.98 Å². The monoisotopic (exact) mass is 405 g/mol. The minimum Gasteiger partial charge on any atom is -0.478 e. The Kier molecular flexibility index (Phi) is 6.14. The number of amides is 2. The number of aldehydes is 1. The summed E-state index contributed by atoms with van der Waals surface area (Å²) in [6, 6.07) is 11.6. The zero-order valence-electron chi connectivity index (χ0n) is 15.4. The molecule has 9 heteroatoms. The molecule has 2 amide bonds. The highest BCUT2D eigenvalue weighted by Crippen LogP contribution is 2.27. The molecule has 1 aromatic heterocycles. The van der Waals surface area contributed by atoms with Gasteiger partial charge in [0.2, 0.25) is 17.7 Å². The van der Waals surface area contributed by atoms with E-state index in [1.807, 2.05) is 0 Å². The largest absolute Gasteiger partial charge is 0.478 e. The summed E-state index contributed by atoms with van der Waals surface area (Å²) in [5.41, 5.74) is 2.63. The minimum atomic E-state index is -1.22. The maximum atomic E-state index is 11.7. The van der Waals surface area contributed by atoms with Crippen LogP contribution in [0.4, 0.5) is 11.4 Å². The van der Waals surface area contributed by atoms with Crippen LogP contribution in [-0.4, -0.2) is 34.2 Å². The molecule has 0 saturated heterocycles. The predicted molar refractivity (Wildman–Crippen MR) is 109 cm³/mol. The minimum absolute atomic E-state index is 0.345. The molecule has 0 fully saturated rings. The van der Waals surface area contributed by atoms with Gasteiger partial charge < -0.3 is 20.2 Å². The predicted octanol–water partition coefficient (Wildman–Crippen LogP) is 2.77. The molecule has 150 valence electrons. The number of allylic oxidation sites excluding steroid dienone is 1. The molecule has 0 unspecified atom stereocenters. The number of hydrogen-bond donors (Lipinski definition) is 3. The number of anilines is 2. The fraction of sp³-hybridized carbons (Fsp3) is 0. The molecule has 3 rings (SSSR count). The molecule has 3 aromatic rings. The van der Waals surface area contributed by atoms with Crippen molar-refractivity contribution in [2.45, 2.75) is 0 Å². The van der Waals surface area contributed by atoms with Crippen LogP contribution in [-0.2, 0) is 19.2 Å². The number of rotatable bonds is 7. The van der Waals surface area contributed by atoms with Gasteiger partial charge in [-0.15, -0.1) is 0 Å². The number of aromatic nitrogens is 1. The maximum Gasteiger partial charge on any atom is 0.328 e. The summed E-state index contributed by atoms with van der Waals surface area (Å²) in [6.45, 7) is 0. The first-order valence-corrected chi connectivity index (χ1v) is 8.60. The molecule has 1 heterocycles. The van der Waals surface area contributed by atoms with Crippen LogP contribution in [0.15, 0.2) is 71.2 Å². The van der Waals surface area contributed by atoms with Gasteiger partial charge in [-0.05, 0) is 42.5 Å². The van der Waals surface area contributed by atoms with Crippen LogP contribution in [0.5, 0.6) is 0 Å². The molecule has 0 spiro atoms. The molecule has 3 N–H and O–H groups in total. The molecule has 0 aliphatic heterocycles. The van der Waals surface area contributed by atoms with Gasteiger partial charge in [0.25, 0.3) is 0 Å². The van der Waals surface area contributed by atoms with E-state index >= 15 is 0 Å². The van der Waals surface area contributed by atoms with Crippen LogP contribution < -0.4 is 10.6 Å². The molecule has 0 atom stereocenters. The lowest BCUT2D eigenvalue weighted by Crippen LogP contribution is -2.08. The van der Waals surface area contributed by atoms with Crippen LogP contribution in [0, 0.1) is 0 Å². The Morgan fingerprint density at radius 3 is 2.27 bits per heavy atom. The van der Waals surface area contributed by atoms with Gasteiger partial charge in [-0.2, -0.15) is 0 Å². The second-order valence-corrected chi connectivity index (χ2v) is 5.92. The maximum absolute atomic E-state index is 11.7. The summed E-state index contributed by atoms with van der Waals surface area (Å²) in [6.07, 6.45) is 4.38. The third-order valence-corrected chi connectivity index (χ3v) is 3.76. The lowest BCUT2D eigenvalue weighted by Gasteiger charge is -2.02. The van der Waals surface area contributed by atoms with E-state index in [0.717, 1.165) is 24.3 Å². The standard InChI is InChI=1S/C21H15N3O6/c25-11-1-2-18(26)22-14-5-3-13(4-6-14)21-24-16-8-7-15(12-17(16)30-21)23-19(27)9-10-20(28)29/h1-12H,(H,22,26)(H,23,27)(H,28,29)/b2-1-,10-9-. The zero-order valence-corrected chi connectivity index (χ0v) is 15.4. The molecule has 30 heavy (non-hydrogen) atoms. The molecule has 0 bridgehead atoms. The van der Waals surface area contributed by atoms with Gasteiger partial charge in [0.1, 0.15) is 11.8 Å². The normalized spacial score (nSPS) is 11.1. The molecule has 2 aromatic carbocycles. The van der Waals surface area contributed by atoms with Crippen molar-refractivity contribution in [3.8, 4) is 11.5 Å². The Bertz CT molecular complexity index is 1180. The van der Waals surface area contributed by atoms with Crippen molar-refractivity contribution < 1.29 is 28.7 Å². The van der Waals surface area contributed by atoms with Crippen LogP contribution in [0.25, 0.3) is 22.6 Å². The number of benzene rings is 2. The summed E-state index contributed by atoms with van der Waals surface area (Å²) >= 11 is 0. The zero-order chi connectivity index (χ0) is 21.5. The first-order chi connectivity index (χ1) is 14.4. The number of oxazole rings is 1. The van der Waals surface area contributed by atoms with Crippen LogP contribution in [0.1, 0.15) is 0 Å². The number of aliphatic carboxylic acids is 1. The van der Waals surface area contributed by atoms with Crippen LogP contribution in [0.3, 0.4) is 0 Å². The van der Waals surface area contributed by atoms with E-state index in [-0.39, 0.29) is 0 Å². The number of hydrogen-bond acceptors (Lipinski definition) is 6. The van der Waals surface area contributed by atoms with E-state index in [2.05, 4.69) is 15.6 Å². The van der Waals surface area contributed by atoms with Gasteiger partial charge in [0.15, 0.2) is 5.58 Å². The quantitative estimate of drug-likeness (QED) is 0.406. The van der Waals surface area contributed by atoms with E-state index in [1.165, 1.54) is 0 Å². The highest BCUT2D eigenvalue weighted by molar-refractivity contribution is 6.03. The van der Waals surface area contributed by atoms with Crippen molar-refractivity contribution in [1.29, 1.82) is 0 Å². The number of carbonyl (C=O) groups excluding carboxylic acids is 3. The van der Waals surface area contributed by atoms with Crippen molar-refractivity contribution in [2.75, 3.05) is 10.6 Å². The Labute approximate surface area is 169 Å². The number of fused-ring (bicyclic) bond motifs is 1. The number of nitrogens with one attached hydrogen (secondary N) is 2. The molecular formula is C21H15N3O6. The van der Waals surface area contributed by atoms with Gasteiger partial charge >= 0.3 is 5.97 Å². The number of carboxylic acids is 1. The summed E-state index contributed by atoms with van der Waals surface area (Å²) in [5, 5.41) is 13.7. The number of nitrogens with zero attached hydrogens (tertiary/aromatic N) is 1. The van der Waals surface area contributed by atoms with Gasteiger partial charge in [0, 0.05) is 41.2 Å². The number of carbonyl (C=O) groups is 4. The Morgan fingerprint density at radius 2 is 1.57 bits per heavy atom. The Morgan fingerprint density at radius 1 is 0.900 bits per heavy atom. The average Bonchev–Trinajstić information content (AvgIpc) is 3.14. The topological polar surface area (TPSA) is 139 Å². The summed E-state index contributed by atoms with van der Waals surface area (Å²) < 4.78 is 5.74. The van der Waals surface area contributed by atoms with Gasteiger partial charge in [-0.3, -0.25) is 14.4 Å². The summed E-state index contributed by atoms with van der Waals surface area (Å²) in [4.78, 5) is 48.3. The summed E-state index contributed by atoms with van der Waals surface area (Å²) in [7, 11) is 0. The molecule has 0 radical (unpaired) electrons. The first-order valence-electron chi connectivity index (χ1n) is 8.60. The van der Waals surface area contributed by atoms with Gasteiger partial charge in [0.05, 0.1) is 0 Å². The smallest absolute Gasteiger partial charge is 0.328 e. The van der Waals surface area contributed by atoms with E-state index in [0.29, 0.717) is 40.2 Å². The molecular weight excluding hydrogens is 390 g/mol. The highest BCUT2D eigenvalue weighted by atomic mass is 16.4. The molecule has 9 nitrogen and oxygen atoms in total. The average molecular weight is 405 g/mol. The van der Waals surface area contributed by atoms with Crippen molar-refractivity contribution >= 4 is 46.5 Å². The van der Waals surface area contributed by atoms with E-state index < -0.39 is 17.8 Å². The van der Waals surface area contributed by atoms with Crippen molar-refractivity contribution in [3.05, 3.63) is 66.8 Å². The van der Waals surface area contributed by atoms with Gasteiger partial charge in [-0.1, -0.05) is 0 Å². The lowest BCUT2D eigenvalue weighted by molar-refractivity contribution is -0.131. The SMILES string of the molecule is O=C/C=C\C(=O)Nc1ccc(-c2nc3ccc(NC(=O)/C=C\C(=O)O)cc3o2)cc1. The lowest BCUT2D eigenvalue weighted by atomic mass is 10.2. The third kappa shape index (κ3) is 5.26. The Balaban J connectivity index is 1.74. The van der Waals surface area contributed by atoms with Gasteiger partial charge in [-0.25, -0.2) is 9.78 Å². The van der Waals surface area contributed by atoms with Crippen molar-refractivity contribution in [3.63, 3.8) is 0 Å². The second kappa shape index (κ2) is 9.11. The van der Waals surface area contributed by atoms with Crippen LogP contribution in [0.2, 0.25) is 0 Å². The molecule has 0 saturated carbocycles. The summed E-state index contributed by atoms with van der Waals surface area (Å²) in [5.74, 6) is -1.89. The molecule has 0 aliphatic carbocycles. The van der Waals surface area contributed by atoms with Crippen LogP contribution >= 0.6 is 0 Å². The molecule has 0 aliphatic rings.